The Hall–Kier alpha value is -2.22. The third kappa shape index (κ3) is 1.97. The molecule has 0 bridgehead atoms. The van der Waals surface area contributed by atoms with Crippen molar-refractivity contribution in [3.8, 4) is 0 Å². The average Bonchev–Trinajstić information content (AvgIpc) is 3.19. The normalized spacial score (nSPS) is 14.8. The van der Waals surface area contributed by atoms with Gasteiger partial charge < -0.3 is 5.73 Å². The fourth-order valence-corrected chi connectivity index (χ4v) is 2.93. The number of hydrogen-bond donors (Lipinski definition) is 1. The number of nitrogens with two attached hydrogens (primary N) is 1. The summed E-state index contributed by atoms with van der Waals surface area (Å²) < 4.78 is 1.87. The molecule has 0 saturated heterocycles. The molecule has 100 valence electrons. The first kappa shape index (κ1) is 11.6. The Morgan fingerprint density at radius 1 is 1.25 bits per heavy atom. The summed E-state index contributed by atoms with van der Waals surface area (Å²) in [4.78, 5) is 8.57. The van der Waals surface area contributed by atoms with E-state index in [2.05, 4.69) is 25.5 Å². The van der Waals surface area contributed by atoms with Crippen LogP contribution in [0.2, 0.25) is 0 Å². The van der Waals surface area contributed by atoms with Crippen molar-refractivity contribution in [2.24, 2.45) is 0 Å². The molecular formula is C12H11N7S. The first-order chi connectivity index (χ1) is 9.81. The zero-order valence-electron chi connectivity index (χ0n) is 10.5. The zero-order chi connectivity index (χ0) is 13.5. The average molecular weight is 285 g/mol. The summed E-state index contributed by atoms with van der Waals surface area (Å²) in [6, 6.07) is 6.05. The van der Waals surface area contributed by atoms with Gasteiger partial charge in [-0.25, -0.2) is 14.6 Å². The van der Waals surface area contributed by atoms with E-state index >= 15 is 0 Å². The number of nitrogen functional groups attached to an aromatic ring is 1. The van der Waals surface area contributed by atoms with Crippen LogP contribution in [-0.2, 0) is 0 Å². The van der Waals surface area contributed by atoms with Gasteiger partial charge in [0.2, 0.25) is 5.16 Å². The van der Waals surface area contributed by atoms with Gasteiger partial charge in [-0.15, -0.1) is 5.10 Å². The molecule has 0 radical (unpaired) electrons. The highest BCUT2D eigenvalue weighted by Crippen LogP contribution is 2.38. The van der Waals surface area contributed by atoms with Crippen molar-refractivity contribution < 1.29 is 0 Å². The van der Waals surface area contributed by atoms with Gasteiger partial charge in [0.25, 0.3) is 0 Å². The van der Waals surface area contributed by atoms with E-state index in [0.29, 0.717) is 11.7 Å². The molecule has 2 aromatic heterocycles. The van der Waals surface area contributed by atoms with Gasteiger partial charge in [0, 0.05) is 11.1 Å². The van der Waals surface area contributed by atoms with E-state index in [1.807, 2.05) is 22.9 Å². The van der Waals surface area contributed by atoms with E-state index in [1.165, 1.54) is 18.1 Å². The highest BCUT2D eigenvalue weighted by atomic mass is 32.2. The Kier molecular flexibility index (Phi) is 2.56. The van der Waals surface area contributed by atoms with Gasteiger partial charge in [-0.3, -0.25) is 0 Å². The summed E-state index contributed by atoms with van der Waals surface area (Å²) >= 11 is 1.46. The summed E-state index contributed by atoms with van der Waals surface area (Å²) in [6.07, 6.45) is 3.81. The summed E-state index contributed by atoms with van der Waals surface area (Å²) in [5, 5.41) is 14.4. The second kappa shape index (κ2) is 4.41. The summed E-state index contributed by atoms with van der Waals surface area (Å²) in [5.74, 6) is 0. The number of benzene rings is 1. The Balaban J connectivity index is 1.76. The van der Waals surface area contributed by atoms with Crippen LogP contribution in [0.25, 0.3) is 10.9 Å². The molecular weight excluding hydrogens is 274 g/mol. The topological polar surface area (TPSA) is 95.4 Å². The zero-order valence-corrected chi connectivity index (χ0v) is 11.3. The van der Waals surface area contributed by atoms with E-state index in [-0.39, 0.29) is 0 Å². The number of rotatable bonds is 3. The van der Waals surface area contributed by atoms with Crippen LogP contribution in [0.5, 0.6) is 0 Å². The van der Waals surface area contributed by atoms with Crippen LogP contribution in [0.4, 0.5) is 5.69 Å². The fourth-order valence-electron chi connectivity index (χ4n) is 2.02. The van der Waals surface area contributed by atoms with Gasteiger partial charge in [0.1, 0.15) is 11.4 Å². The molecule has 0 amide bonds. The lowest BCUT2D eigenvalue weighted by Gasteiger charge is -2.05. The van der Waals surface area contributed by atoms with Crippen molar-refractivity contribution in [1.82, 2.24) is 30.2 Å². The van der Waals surface area contributed by atoms with E-state index in [4.69, 9.17) is 5.73 Å². The summed E-state index contributed by atoms with van der Waals surface area (Å²) in [5.41, 5.74) is 7.30. The van der Waals surface area contributed by atoms with Gasteiger partial charge in [0.15, 0.2) is 0 Å². The summed E-state index contributed by atoms with van der Waals surface area (Å²) in [6.45, 7) is 0. The van der Waals surface area contributed by atoms with Crippen LogP contribution in [0, 0.1) is 0 Å². The number of anilines is 1. The molecule has 0 aliphatic heterocycles. The third-order valence-corrected chi connectivity index (χ3v) is 4.14. The quantitative estimate of drug-likeness (QED) is 0.577. The first-order valence-corrected chi connectivity index (χ1v) is 7.09. The highest BCUT2D eigenvalue weighted by Gasteiger charge is 2.28. The van der Waals surface area contributed by atoms with Gasteiger partial charge >= 0.3 is 0 Å². The van der Waals surface area contributed by atoms with Crippen molar-refractivity contribution in [2.45, 2.75) is 29.1 Å². The van der Waals surface area contributed by atoms with Crippen molar-refractivity contribution >= 4 is 28.4 Å². The van der Waals surface area contributed by atoms with Gasteiger partial charge in [-0.05, 0) is 53.2 Å². The Labute approximate surface area is 118 Å². The van der Waals surface area contributed by atoms with Crippen LogP contribution in [0.3, 0.4) is 0 Å². The second-order valence-electron chi connectivity index (χ2n) is 4.69. The van der Waals surface area contributed by atoms with Gasteiger partial charge in [-0.1, -0.05) is 0 Å². The molecule has 1 aliphatic carbocycles. The molecule has 0 spiro atoms. The number of tetrazole rings is 1. The van der Waals surface area contributed by atoms with E-state index in [9.17, 15) is 0 Å². The van der Waals surface area contributed by atoms with E-state index < -0.39 is 0 Å². The molecule has 2 heterocycles. The summed E-state index contributed by atoms with van der Waals surface area (Å²) in [7, 11) is 0. The molecule has 0 unspecified atom stereocenters. The maximum atomic E-state index is 5.78. The van der Waals surface area contributed by atoms with E-state index in [0.717, 1.165) is 33.9 Å². The molecule has 20 heavy (non-hydrogen) atoms. The smallest absolute Gasteiger partial charge is 0.215 e. The van der Waals surface area contributed by atoms with Gasteiger partial charge in [0.05, 0.1) is 11.6 Å². The lowest BCUT2D eigenvalue weighted by molar-refractivity contribution is 0.565. The Bertz CT molecular complexity index is 780. The number of nitrogens with zero attached hydrogens (tertiary/aromatic N) is 6. The molecule has 2 N–H and O–H groups in total. The predicted molar refractivity (Wildman–Crippen MR) is 74.2 cm³/mol. The molecule has 7 nitrogen and oxygen atoms in total. The number of fused-ring (bicyclic) bond motifs is 1. The fraction of sp³-hybridized carbons (Fsp3) is 0.250. The number of aromatic nitrogens is 6. The minimum atomic E-state index is 0.441. The molecule has 8 heteroatoms. The largest absolute Gasteiger partial charge is 0.399 e. The van der Waals surface area contributed by atoms with Crippen molar-refractivity contribution in [3.63, 3.8) is 0 Å². The number of hydrogen-bond acceptors (Lipinski definition) is 7. The molecule has 3 aromatic rings. The Morgan fingerprint density at radius 2 is 2.15 bits per heavy atom. The van der Waals surface area contributed by atoms with E-state index in [1.54, 1.807) is 0 Å². The predicted octanol–water partition coefficient (Wildman–Crippen LogP) is 1.68. The lowest BCUT2D eigenvalue weighted by atomic mass is 10.2. The Morgan fingerprint density at radius 3 is 3.00 bits per heavy atom. The third-order valence-electron chi connectivity index (χ3n) is 3.17. The van der Waals surface area contributed by atoms with Crippen LogP contribution in [0.1, 0.15) is 18.9 Å². The van der Waals surface area contributed by atoms with Crippen LogP contribution in [-0.4, -0.2) is 30.2 Å². The molecule has 1 aliphatic rings. The van der Waals surface area contributed by atoms with Crippen molar-refractivity contribution in [1.29, 1.82) is 0 Å². The molecule has 1 aromatic carbocycles. The van der Waals surface area contributed by atoms with Crippen molar-refractivity contribution in [3.05, 3.63) is 24.5 Å². The molecule has 4 rings (SSSR count). The molecule has 1 fully saturated rings. The second-order valence-corrected chi connectivity index (χ2v) is 5.65. The minimum Gasteiger partial charge on any atom is -0.399 e. The standard InChI is InChI=1S/C12H11N7S/c13-7-1-4-9-10(5-7)14-6-15-11(9)20-12-16-17-18-19(12)8-2-3-8/h1,4-6,8H,2-3,13H2. The van der Waals surface area contributed by atoms with Crippen LogP contribution < -0.4 is 5.73 Å². The maximum Gasteiger partial charge on any atom is 0.215 e. The van der Waals surface area contributed by atoms with Crippen LogP contribution in [0.15, 0.2) is 34.7 Å². The van der Waals surface area contributed by atoms with Gasteiger partial charge in [-0.2, -0.15) is 0 Å². The maximum absolute atomic E-state index is 5.78. The molecule has 1 saturated carbocycles. The minimum absolute atomic E-state index is 0.441. The first-order valence-electron chi connectivity index (χ1n) is 6.27. The lowest BCUT2D eigenvalue weighted by Crippen LogP contribution is -1.99. The SMILES string of the molecule is Nc1ccc2c(Sc3nnnn3C3CC3)ncnc2c1. The highest BCUT2D eigenvalue weighted by molar-refractivity contribution is 7.99. The monoisotopic (exact) mass is 285 g/mol. The molecule has 0 atom stereocenters. The van der Waals surface area contributed by atoms with Crippen molar-refractivity contribution in [2.75, 3.05) is 5.73 Å². The van der Waals surface area contributed by atoms with Crippen LogP contribution >= 0.6 is 11.8 Å².